The summed E-state index contributed by atoms with van der Waals surface area (Å²) in [4.78, 5) is 14.8. The fourth-order valence-corrected chi connectivity index (χ4v) is 3.15. The number of rotatable bonds is 5. The van der Waals surface area contributed by atoms with Crippen molar-refractivity contribution in [1.29, 1.82) is 0 Å². The Morgan fingerprint density at radius 1 is 1.38 bits per heavy atom. The smallest absolute Gasteiger partial charge is 0.250 e. The number of morpholine rings is 1. The summed E-state index contributed by atoms with van der Waals surface area (Å²) in [5.41, 5.74) is 1.61. The third-order valence-corrected chi connectivity index (χ3v) is 4.26. The minimum Gasteiger partial charge on any atom is -0.488 e. The van der Waals surface area contributed by atoms with Crippen molar-refractivity contribution in [3.63, 3.8) is 0 Å². The van der Waals surface area contributed by atoms with Crippen LogP contribution in [0.3, 0.4) is 0 Å². The number of carbonyl (C=O) groups is 1. The molecule has 1 atom stereocenters. The molecule has 0 aromatic heterocycles. The highest BCUT2D eigenvalue weighted by Crippen LogP contribution is 2.25. The predicted molar refractivity (Wildman–Crippen MR) is 93.9 cm³/mol. The van der Waals surface area contributed by atoms with E-state index in [4.69, 9.17) is 9.47 Å². The third-order valence-electron chi connectivity index (χ3n) is 4.26. The highest BCUT2D eigenvalue weighted by molar-refractivity contribution is 5.99. The molecule has 0 saturated carbocycles. The minimum absolute atomic E-state index is 0.0545. The molecule has 1 amide bonds. The van der Waals surface area contributed by atoms with Gasteiger partial charge in [-0.15, -0.1) is 0 Å². The van der Waals surface area contributed by atoms with Gasteiger partial charge in [-0.2, -0.15) is 0 Å². The molecule has 0 spiro atoms. The maximum absolute atomic E-state index is 12.4. The van der Waals surface area contributed by atoms with Gasteiger partial charge < -0.3 is 14.8 Å². The Kier molecular flexibility index (Phi) is 5.53. The van der Waals surface area contributed by atoms with E-state index in [1.807, 2.05) is 30.3 Å². The number of nitrogens with one attached hydrogen (secondary N) is 1. The summed E-state index contributed by atoms with van der Waals surface area (Å²) >= 11 is 0. The molecule has 0 radical (unpaired) electrons. The van der Waals surface area contributed by atoms with Gasteiger partial charge in [-0.25, -0.2) is 0 Å². The summed E-state index contributed by atoms with van der Waals surface area (Å²) in [7, 11) is 0. The molecular weight excluding hydrogens is 304 g/mol. The van der Waals surface area contributed by atoms with Gasteiger partial charge in [0.1, 0.15) is 12.4 Å². The van der Waals surface area contributed by atoms with E-state index in [2.05, 4.69) is 24.1 Å². The molecular formula is C19H26N2O3. The molecule has 1 aromatic rings. The van der Waals surface area contributed by atoms with E-state index in [0.717, 1.165) is 37.6 Å². The standard InChI is InChI=1S/C19H26N2O3/c1-14(2)11-21-7-8-23-17(12-21)10-20-19(22)16-9-15-5-3-4-6-18(15)24-13-16/h3-6,9,14,17H,7-8,10-13H2,1-2H3,(H,20,22). The molecule has 3 rings (SSSR count). The lowest BCUT2D eigenvalue weighted by Gasteiger charge is -2.34. The molecule has 1 unspecified atom stereocenters. The molecule has 1 fully saturated rings. The van der Waals surface area contributed by atoms with Gasteiger partial charge in [0.05, 0.1) is 18.3 Å². The fourth-order valence-electron chi connectivity index (χ4n) is 3.15. The summed E-state index contributed by atoms with van der Waals surface area (Å²) < 4.78 is 11.4. The van der Waals surface area contributed by atoms with Gasteiger partial charge in [0.15, 0.2) is 0 Å². The first-order valence-electron chi connectivity index (χ1n) is 8.66. The quantitative estimate of drug-likeness (QED) is 0.896. The largest absolute Gasteiger partial charge is 0.488 e. The fraction of sp³-hybridized carbons (Fsp3) is 0.526. The molecule has 2 aliphatic heterocycles. The Morgan fingerprint density at radius 3 is 3.04 bits per heavy atom. The summed E-state index contributed by atoms with van der Waals surface area (Å²) in [6, 6.07) is 7.75. The van der Waals surface area contributed by atoms with Crippen LogP contribution in [0.4, 0.5) is 0 Å². The number of amides is 1. The Balaban J connectivity index is 1.52. The maximum Gasteiger partial charge on any atom is 0.250 e. The van der Waals surface area contributed by atoms with E-state index in [0.29, 0.717) is 24.6 Å². The highest BCUT2D eigenvalue weighted by Gasteiger charge is 2.23. The Hall–Kier alpha value is -1.85. The Bertz CT molecular complexity index is 612. The van der Waals surface area contributed by atoms with Crippen LogP contribution in [0.25, 0.3) is 6.08 Å². The second-order valence-corrected chi connectivity index (χ2v) is 6.85. The zero-order valence-corrected chi connectivity index (χ0v) is 14.5. The molecule has 1 saturated heterocycles. The van der Waals surface area contributed by atoms with Crippen molar-refractivity contribution < 1.29 is 14.3 Å². The van der Waals surface area contributed by atoms with Crippen molar-refractivity contribution in [2.75, 3.05) is 39.4 Å². The van der Waals surface area contributed by atoms with Crippen LogP contribution in [0.1, 0.15) is 19.4 Å². The SMILES string of the molecule is CC(C)CN1CCOC(CNC(=O)C2=Cc3ccccc3OC2)C1. The van der Waals surface area contributed by atoms with Crippen LogP contribution in [-0.2, 0) is 9.53 Å². The first-order valence-corrected chi connectivity index (χ1v) is 8.66. The van der Waals surface area contributed by atoms with Gasteiger partial charge in [-0.1, -0.05) is 32.0 Å². The summed E-state index contributed by atoms with van der Waals surface area (Å²) in [6.45, 7) is 8.94. The molecule has 0 aliphatic carbocycles. The van der Waals surface area contributed by atoms with Gasteiger partial charge in [-0.3, -0.25) is 9.69 Å². The zero-order valence-electron chi connectivity index (χ0n) is 14.5. The molecule has 5 heteroatoms. The topological polar surface area (TPSA) is 50.8 Å². The van der Waals surface area contributed by atoms with Gasteiger partial charge in [0, 0.05) is 31.7 Å². The van der Waals surface area contributed by atoms with Crippen LogP contribution >= 0.6 is 0 Å². The lowest BCUT2D eigenvalue weighted by molar-refractivity contribution is -0.119. The number of fused-ring (bicyclic) bond motifs is 1. The van der Waals surface area contributed by atoms with Crippen molar-refractivity contribution in [1.82, 2.24) is 10.2 Å². The number of hydrogen-bond acceptors (Lipinski definition) is 4. The van der Waals surface area contributed by atoms with Crippen LogP contribution in [0.15, 0.2) is 29.8 Å². The summed E-state index contributed by atoms with van der Waals surface area (Å²) in [5.74, 6) is 1.39. The van der Waals surface area contributed by atoms with Gasteiger partial charge in [0.25, 0.3) is 5.91 Å². The number of para-hydroxylation sites is 1. The van der Waals surface area contributed by atoms with E-state index in [9.17, 15) is 4.79 Å². The lowest BCUT2D eigenvalue weighted by Crippen LogP contribution is -2.48. The second-order valence-electron chi connectivity index (χ2n) is 6.85. The highest BCUT2D eigenvalue weighted by atomic mass is 16.5. The number of nitrogens with zero attached hydrogens (tertiary/aromatic N) is 1. The number of hydrogen-bond donors (Lipinski definition) is 1. The maximum atomic E-state index is 12.4. The van der Waals surface area contributed by atoms with Crippen molar-refractivity contribution in [2.45, 2.75) is 20.0 Å². The predicted octanol–water partition coefficient (Wildman–Crippen LogP) is 1.94. The van der Waals surface area contributed by atoms with E-state index >= 15 is 0 Å². The van der Waals surface area contributed by atoms with Gasteiger partial charge in [-0.05, 0) is 18.1 Å². The molecule has 2 aliphatic rings. The molecule has 0 bridgehead atoms. The van der Waals surface area contributed by atoms with Crippen LogP contribution in [0, 0.1) is 5.92 Å². The van der Waals surface area contributed by atoms with Crippen molar-refractivity contribution in [2.24, 2.45) is 5.92 Å². The Morgan fingerprint density at radius 2 is 2.21 bits per heavy atom. The molecule has 1 N–H and O–H groups in total. The first-order chi connectivity index (χ1) is 11.6. The van der Waals surface area contributed by atoms with Gasteiger partial charge in [0.2, 0.25) is 0 Å². The monoisotopic (exact) mass is 330 g/mol. The normalized spacial score (nSPS) is 21.0. The van der Waals surface area contributed by atoms with E-state index in [-0.39, 0.29) is 12.0 Å². The first kappa shape index (κ1) is 17.0. The summed E-state index contributed by atoms with van der Waals surface area (Å²) in [5, 5.41) is 2.99. The lowest BCUT2D eigenvalue weighted by atomic mass is 10.1. The van der Waals surface area contributed by atoms with Crippen LogP contribution < -0.4 is 10.1 Å². The molecule has 130 valence electrons. The average molecular weight is 330 g/mol. The number of carbonyl (C=O) groups excluding carboxylic acids is 1. The van der Waals surface area contributed by atoms with Crippen LogP contribution in [-0.4, -0.2) is 56.3 Å². The van der Waals surface area contributed by atoms with E-state index < -0.39 is 0 Å². The third kappa shape index (κ3) is 4.36. The van der Waals surface area contributed by atoms with Crippen molar-refractivity contribution in [3.8, 4) is 5.75 Å². The van der Waals surface area contributed by atoms with Crippen molar-refractivity contribution >= 4 is 12.0 Å². The molecule has 5 nitrogen and oxygen atoms in total. The summed E-state index contributed by atoms with van der Waals surface area (Å²) in [6.07, 6.45) is 1.96. The molecule has 24 heavy (non-hydrogen) atoms. The van der Waals surface area contributed by atoms with Crippen LogP contribution in [0.2, 0.25) is 0 Å². The van der Waals surface area contributed by atoms with Gasteiger partial charge >= 0.3 is 0 Å². The Labute approximate surface area is 143 Å². The van der Waals surface area contributed by atoms with Crippen LogP contribution in [0.5, 0.6) is 5.75 Å². The number of benzene rings is 1. The van der Waals surface area contributed by atoms with E-state index in [1.165, 1.54) is 0 Å². The van der Waals surface area contributed by atoms with E-state index in [1.54, 1.807) is 0 Å². The minimum atomic E-state index is -0.0749. The molecule has 2 heterocycles. The average Bonchev–Trinajstić information content (AvgIpc) is 2.59. The zero-order chi connectivity index (χ0) is 16.9. The van der Waals surface area contributed by atoms with Crippen molar-refractivity contribution in [3.05, 3.63) is 35.4 Å². The second kappa shape index (κ2) is 7.81. The molecule has 1 aromatic carbocycles. The number of ether oxygens (including phenoxy) is 2.